The first-order valence-corrected chi connectivity index (χ1v) is 8.77. The molecule has 132 valence electrons. The molecule has 0 spiro atoms. The van der Waals surface area contributed by atoms with Gasteiger partial charge in [-0.2, -0.15) is 0 Å². The van der Waals surface area contributed by atoms with Gasteiger partial charge < -0.3 is 14.6 Å². The number of pyridine rings is 1. The second-order valence-corrected chi connectivity index (χ2v) is 6.52. The van der Waals surface area contributed by atoms with Crippen LogP contribution in [0.25, 0.3) is 5.65 Å². The van der Waals surface area contributed by atoms with Crippen LogP contribution in [0.15, 0.2) is 61.1 Å². The molecule has 1 fully saturated rings. The van der Waals surface area contributed by atoms with Gasteiger partial charge >= 0.3 is 0 Å². The van der Waals surface area contributed by atoms with Crippen LogP contribution in [0.1, 0.15) is 28.8 Å². The monoisotopic (exact) mass is 348 g/mol. The highest BCUT2D eigenvalue weighted by Crippen LogP contribution is 2.16. The van der Waals surface area contributed by atoms with E-state index < -0.39 is 6.04 Å². The molecule has 2 aromatic heterocycles. The second-order valence-electron chi connectivity index (χ2n) is 6.52. The van der Waals surface area contributed by atoms with E-state index in [0.29, 0.717) is 24.2 Å². The summed E-state index contributed by atoms with van der Waals surface area (Å²) in [5, 5.41) is 2.89. The lowest BCUT2D eigenvalue weighted by molar-refractivity contribution is -0.136. The third-order valence-electron chi connectivity index (χ3n) is 4.71. The summed E-state index contributed by atoms with van der Waals surface area (Å²) >= 11 is 0. The molecule has 1 N–H and O–H groups in total. The fourth-order valence-corrected chi connectivity index (χ4v) is 3.33. The highest BCUT2D eigenvalue weighted by atomic mass is 16.2. The van der Waals surface area contributed by atoms with Crippen LogP contribution in [-0.4, -0.2) is 38.7 Å². The van der Waals surface area contributed by atoms with E-state index >= 15 is 0 Å². The largest absolute Gasteiger partial charge is 0.340 e. The average Bonchev–Trinajstić information content (AvgIpc) is 3.13. The van der Waals surface area contributed by atoms with Gasteiger partial charge in [0.2, 0.25) is 5.91 Å². The van der Waals surface area contributed by atoms with Crippen LogP contribution in [0.5, 0.6) is 0 Å². The molecule has 1 atom stereocenters. The maximum Gasteiger partial charge on any atom is 0.252 e. The molecule has 0 bridgehead atoms. The molecule has 3 aromatic rings. The van der Waals surface area contributed by atoms with Crippen LogP contribution in [0.2, 0.25) is 0 Å². The maximum atomic E-state index is 12.8. The number of benzene rings is 1. The van der Waals surface area contributed by atoms with Gasteiger partial charge in [0, 0.05) is 37.2 Å². The molecule has 26 heavy (non-hydrogen) atoms. The zero-order valence-corrected chi connectivity index (χ0v) is 14.3. The highest BCUT2D eigenvalue weighted by Gasteiger charge is 2.30. The Kier molecular flexibility index (Phi) is 4.39. The van der Waals surface area contributed by atoms with Gasteiger partial charge in [-0.05, 0) is 30.5 Å². The van der Waals surface area contributed by atoms with E-state index in [1.807, 2.05) is 45.8 Å². The third kappa shape index (κ3) is 3.31. The van der Waals surface area contributed by atoms with Crippen molar-refractivity contribution in [2.24, 2.45) is 0 Å². The molecule has 0 radical (unpaired) electrons. The standard InChI is InChI=1S/C20H20N4O2/c25-19(16-8-11-23-12-9-21-18(23)13-16)22-17-7-4-10-24(20(17)26)14-15-5-2-1-3-6-15/h1-3,5-6,8-9,11-13,17H,4,7,10,14H2,(H,22,25). The van der Waals surface area contributed by atoms with Crippen molar-refractivity contribution in [3.63, 3.8) is 0 Å². The number of fused-ring (bicyclic) bond motifs is 1. The topological polar surface area (TPSA) is 66.7 Å². The van der Waals surface area contributed by atoms with Crippen molar-refractivity contribution in [2.45, 2.75) is 25.4 Å². The molecule has 0 saturated carbocycles. The summed E-state index contributed by atoms with van der Waals surface area (Å²) in [5.74, 6) is -0.259. The number of piperidine rings is 1. The van der Waals surface area contributed by atoms with Crippen molar-refractivity contribution in [3.8, 4) is 0 Å². The Morgan fingerprint density at radius 2 is 2.04 bits per heavy atom. The van der Waals surface area contributed by atoms with Crippen molar-refractivity contribution in [3.05, 3.63) is 72.2 Å². The van der Waals surface area contributed by atoms with Gasteiger partial charge in [-0.15, -0.1) is 0 Å². The summed E-state index contributed by atoms with van der Waals surface area (Å²) < 4.78 is 1.84. The number of likely N-dealkylation sites (tertiary alicyclic amines) is 1. The molecule has 6 heteroatoms. The lowest BCUT2D eigenvalue weighted by atomic mass is 10.0. The van der Waals surface area contributed by atoms with E-state index in [1.165, 1.54) is 0 Å². The lowest BCUT2D eigenvalue weighted by Crippen LogP contribution is -2.51. The minimum absolute atomic E-state index is 0.0182. The van der Waals surface area contributed by atoms with Crippen LogP contribution in [0, 0.1) is 0 Å². The van der Waals surface area contributed by atoms with E-state index in [1.54, 1.807) is 24.5 Å². The number of rotatable bonds is 4. The number of hydrogen-bond acceptors (Lipinski definition) is 3. The zero-order chi connectivity index (χ0) is 17.9. The smallest absolute Gasteiger partial charge is 0.252 e. The summed E-state index contributed by atoms with van der Waals surface area (Å²) in [4.78, 5) is 31.3. The molecule has 1 aromatic carbocycles. The van der Waals surface area contributed by atoms with Crippen molar-refractivity contribution in [1.82, 2.24) is 19.6 Å². The van der Waals surface area contributed by atoms with Crippen molar-refractivity contribution < 1.29 is 9.59 Å². The summed E-state index contributed by atoms with van der Waals surface area (Å²) in [6, 6.07) is 12.9. The number of hydrogen-bond donors (Lipinski definition) is 1. The molecule has 1 aliphatic rings. The zero-order valence-electron chi connectivity index (χ0n) is 14.3. The number of aromatic nitrogens is 2. The number of nitrogens with one attached hydrogen (secondary N) is 1. The number of nitrogens with zero attached hydrogens (tertiary/aromatic N) is 3. The van der Waals surface area contributed by atoms with Crippen LogP contribution in [0.3, 0.4) is 0 Å². The average molecular weight is 348 g/mol. The SMILES string of the molecule is O=C(NC1CCCN(Cc2ccccc2)C1=O)c1ccn2ccnc2c1. The van der Waals surface area contributed by atoms with E-state index in [0.717, 1.165) is 18.5 Å². The molecular formula is C20H20N4O2. The fourth-order valence-electron chi connectivity index (χ4n) is 3.33. The Bertz CT molecular complexity index is 935. The predicted molar refractivity (Wildman–Crippen MR) is 97.5 cm³/mol. The van der Waals surface area contributed by atoms with Crippen LogP contribution in [0.4, 0.5) is 0 Å². The van der Waals surface area contributed by atoms with Gasteiger partial charge in [-0.25, -0.2) is 4.98 Å². The second kappa shape index (κ2) is 7.00. The van der Waals surface area contributed by atoms with Crippen molar-refractivity contribution in [2.75, 3.05) is 6.54 Å². The van der Waals surface area contributed by atoms with E-state index in [9.17, 15) is 9.59 Å². The fraction of sp³-hybridized carbons (Fsp3) is 0.250. The minimum Gasteiger partial charge on any atom is -0.340 e. The number of carbonyl (C=O) groups excluding carboxylic acids is 2. The van der Waals surface area contributed by atoms with Gasteiger partial charge in [0.25, 0.3) is 5.91 Å². The molecule has 4 rings (SSSR count). The first-order valence-electron chi connectivity index (χ1n) is 8.77. The van der Waals surface area contributed by atoms with Crippen molar-refractivity contribution >= 4 is 17.5 Å². The van der Waals surface area contributed by atoms with Gasteiger partial charge in [0.05, 0.1) is 0 Å². The Labute approximate surface area is 151 Å². The summed E-state index contributed by atoms with van der Waals surface area (Å²) in [6.07, 6.45) is 6.85. The molecule has 1 aliphatic heterocycles. The highest BCUT2D eigenvalue weighted by molar-refractivity contribution is 5.98. The minimum atomic E-state index is -0.476. The first kappa shape index (κ1) is 16.3. The Morgan fingerprint density at radius 1 is 1.19 bits per heavy atom. The Morgan fingerprint density at radius 3 is 2.88 bits per heavy atom. The van der Waals surface area contributed by atoms with Crippen LogP contribution >= 0.6 is 0 Å². The quantitative estimate of drug-likeness (QED) is 0.786. The van der Waals surface area contributed by atoms with Crippen LogP contribution < -0.4 is 5.32 Å². The number of carbonyl (C=O) groups is 2. The summed E-state index contributed by atoms with van der Waals surface area (Å²) in [7, 11) is 0. The third-order valence-corrected chi connectivity index (χ3v) is 4.71. The van der Waals surface area contributed by atoms with Gasteiger partial charge in [0.15, 0.2) is 0 Å². The van der Waals surface area contributed by atoms with E-state index in [2.05, 4.69) is 10.3 Å². The molecule has 3 heterocycles. The maximum absolute atomic E-state index is 12.8. The molecular weight excluding hydrogens is 328 g/mol. The first-order chi connectivity index (χ1) is 12.7. The lowest BCUT2D eigenvalue weighted by Gasteiger charge is -2.32. The van der Waals surface area contributed by atoms with Crippen LogP contribution in [-0.2, 0) is 11.3 Å². The molecule has 6 nitrogen and oxygen atoms in total. The summed E-state index contributed by atoms with van der Waals surface area (Å²) in [6.45, 7) is 1.30. The summed E-state index contributed by atoms with van der Waals surface area (Å²) in [5.41, 5.74) is 2.31. The van der Waals surface area contributed by atoms with E-state index in [-0.39, 0.29) is 11.8 Å². The molecule has 0 aliphatic carbocycles. The molecule has 2 amide bonds. The van der Waals surface area contributed by atoms with Gasteiger partial charge in [-0.1, -0.05) is 30.3 Å². The number of imidazole rings is 1. The Hall–Kier alpha value is -3.15. The van der Waals surface area contributed by atoms with Gasteiger partial charge in [-0.3, -0.25) is 9.59 Å². The Balaban J connectivity index is 1.44. The van der Waals surface area contributed by atoms with Crippen molar-refractivity contribution in [1.29, 1.82) is 0 Å². The van der Waals surface area contributed by atoms with E-state index in [4.69, 9.17) is 0 Å². The predicted octanol–water partition coefficient (Wildman–Crippen LogP) is 2.26. The molecule has 1 unspecified atom stereocenters. The molecule has 1 saturated heterocycles. The normalized spacial score (nSPS) is 17.5. The number of amides is 2. The van der Waals surface area contributed by atoms with Gasteiger partial charge in [0.1, 0.15) is 11.7 Å².